The van der Waals surface area contributed by atoms with Crippen molar-refractivity contribution in [2.24, 2.45) is 5.92 Å². The Kier molecular flexibility index (Phi) is 6.01. The molecule has 0 fully saturated rings. The molecule has 0 radical (unpaired) electrons. The molecule has 2 heterocycles. The van der Waals surface area contributed by atoms with Crippen molar-refractivity contribution in [3.63, 3.8) is 0 Å². The predicted molar refractivity (Wildman–Crippen MR) is 95.9 cm³/mol. The highest BCUT2D eigenvalue weighted by atomic mass is 19.2. The van der Waals surface area contributed by atoms with E-state index in [9.17, 15) is 22.8 Å². The standard InChI is InChI=1S/C19H21F3N4O2/c1-2-6-25(19(28)12-5-7-26-11-23-9-13(26)8-12)10-16(27)24-15-4-3-14(20)17(21)18(15)22/h3-4,9,11-12H,2,5-8,10H2,1H3,(H,24,27). The number of aryl methyl sites for hydroxylation is 1. The lowest BCUT2D eigenvalue weighted by Gasteiger charge is -2.29. The second-order valence-corrected chi connectivity index (χ2v) is 6.80. The summed E-state index contributed by atoms with van der Waals surface area (Å²) in [6, 6.07) is 1.67. The highest BCUT2D eigenvalue weighted by molar-refractivity contribution is 5.95. The number of amides is 2. The molecule has 0 saturated carbocycles. The molecule has 2 amide bonds. The minimum atomic E-state index is -1.65. The molecule has 1 aromatic carbocycles. The molecule has 0 spiro atoms. The highest BCUT2D eigenvalue weighted by Gasteiger charge is 2.29. The van der Waals surface area contributed by atoms with E-state index in [0.717, 1.165) is 17.8 Å². The Bertz CT molecular complexity index is 884. The van der Waals surface area contributed by atoms with Crippen LogP contribution in [0, 0.1) is 23.4 Å². The van der Waals surface area contributed by atoms with Gasteiger partial charge in [0, 0.05) is 37.3 Å². The van der Waals surface area contributed by atoms with E-state index >= 15 is 0 Å². The first kappa shape index (κ1) is 19.9. The summed E-state index contributed by atoms with van der Waals surface area (Å²) in [4.78, 5) is 30.7. The van der Waals surface area contributed by atoms with Gasteiger partial charge in [-0.2, -0.15) is 0 Å². The van der Waals surface area contributed by atoms with E-state index < -0.39 is 29.0 Å². The molecule has 1 aliphatic rings. The first-order chi connectivity index (χ1) is 13.4. The number of nitrogens with one attached hydrogen (secondary N) is 1. The minimum absolute atomic E-state index is 0.157. The van der Waals surface area contributed by atoms with Gasteiger partial charge in [0.25, 0.3) is 0 Å². The fourth-order valence-electron chi connectivity index (χ4n) is 3.36. The van der Waals surface area contributed by atoms with Crippen LogP contribution in [-0.4, -0.2) is 39.4 Å². The van der Waals surface area contributed by atoms with E-state index in [1.165, 1.54) is 4.90 Å². The van der Waals surface area contributed by atoms with Crippen molar-refractivity contribution in [1.29, 1.82) is 0 Å². The number of aromatic nitrogens is 2. The van der Waals surface area contributed by atoms with E-state index in [-0.39, 0.29) is 18.4 Å². The Morgan fingerprint density at radius 2 is 2.07 bits per heavy atom. The molecule has 3 rings (SSSR count). The van der Waals surface area contributed by atoms with Crippen LogP contribution >= 0.6 is 0 Å². The van der Waals surface area contributed by atoms with Gasteiger partial charge in [-0.15, -0.1) is 0 Å². The lowest BCUT2D eigenvalue weighted by Crippen LogP contribution is -2.43. The van der Waals surface area contributed by atoms with Gasteiger partial charge in [-0.05, 0) is 25.0 Å². The molecule has 150 valence electrons. The molecular formula is C19H21F3N4O2. The summed E-state index contributed by atoms with van der Waals surface area (Å²) in [7, 11) is 0. The Balaban J connectivity index is 1.66. The number of imidazole rings is 1. The smallest absolute Gasteiger partial charge is 0.244 e. The maximum Gasteiger partial charge on any atom is 0.244 e. The van der Waals surface area contributed by atoms with Gasteiger partial charge in [-0.25, -0.2) is 18.2 Å². The van der Waals surface area contributed by atoms with Crippen LogP contribution in [0.4, 0.5) is 18.9 Å². The average molecular weight is 394 g/mol. The number of halogens is 3. The molecule has 1 atom stereocenters. The van der Waals surface area contributed by atoms with E-state index in [0.29, 0.717) is 32.4 Å². The molecule has 1 unspecified atom stereocenters. The second kappa shape index (κ2) is 8.45. The zero-order valence-electron chi connectivity index (χ0n) is 15.4. The number of benzene rings is 1. The summed E-state index contributed by atoms with van der Waals surface area (Å²) >= 11 is 0. The normalized spacial score (nSPS) is 15.8. The van der Waals surface area contributed by atoms with E-state index in [1.807, 2.05) is 11.5 Å². The van der Waals surface area contributed by atoms with Gasteiger partial charge in [0.05, 0.1) is 18.6 Å². The van der Waals surface area contributed by atoms with Crippen molar-refractivity contribution in [2.45, 2.75) is 32.7 Å². The molecule has 1 aliphatic heterocycles. The van der Waals surface area contributed by atoms with Gasteiger partial charge in [0.2, 0.25) is 11.8 Å². The Morgan fingerprint density at radius 1 is 1.29 bits per heavy atom. The summed E-state index contributed by atoms with van der Waals surface area (Å²) < 4.78 is 42.1. The fourth-order valence-corrected chi connectivity index (χ4v) is 3.36. The zero-order chi connectivity index (χ0) is 20.3. The molecule has 6 nitrogen and oxygen atoms in total. The number of hydrogen-bond acceptors (Lipinski definition) is 3. The third-order valence-electron chi connectivity index (χ3n) is 4.77. The average Bonchev–Trinajstić information content (AvgIpc) is 3.15. The van der Waals surface area contributed by atoms with Crippen molar-refractivity contribution in [3.8, 4) is 0 Å². The number of rotatable bonds is 6. The van der Waals surface area contributed by atoms with Gasteiger partial charge >= 0.3 is 0 Å². The van der Waals surface area contributed by atoms with Crippen LogP contribution in [0.25, 0.3) is 0 Å². The Labute approximate surface area is 160 Å². The fraction of sp³-hybridized carbons (Fsp3) is 0.421. The summed E-state index contributed by atoms with van der Waals surface area (Å²) in [6.45, 7) is 2.63. The SMILES string of the molecule is CCCN(CC(=O)Nc1ccc(F)c(F)c1F)C(=O)C1CCn2cncc2C1. The monoisotopic (exact) mass is 394 g/mol. The van der Waals surface area contributed by atoms with Crippen molar-refractivity contribution in [3.05, 3.63) is 47.8 Å². The number of anilines is 1. The maximum absolute atomic E-state index is 13.7. The largest absolute Gasteiger partial charge is 0.335 e. The first-order valence-corrected chi connectivity index (χ1v) is 9.11. The van der Waals surface area contributed by atoms with Crippen LogP contribution < -0.4 is 5.32 Å². The summed E-state index contributed by atoms with van der Waals surface area (Å²) in [6.07, 6.45) is 5.27. The van der Waals surface area contributed by atoms with E-state index in [2.05, 4.69) is 10.3 Å². The highest BCUT2D eigenvalue weighted by Crippen LogP contribution is 2.23. The van der Waals surface area contributed by atoms with Crippen LogP contribution in [0.3, 0.4) is 0 Å². The Hall–Kier alpha value is -2.84. The number of carbonyl (C=O) groups is 2. The van der Waals surface area contributed by atoms with Gasteiger partial charge in [-0.1, -0.05) is 6.92 Å². The molecule has 2 aromatic rings. The van der Waals surface area contributed by atoms with Crippen molar-refractivity contribution >= 4 is 17.5 Å². The molecule has 0 bridgehead atoms. The third kappa shape index (κ3) is 4.18. The minimum Gasteiger partial charge on any atom is -0.335 e. The van der Waals surface area contributed by atoms with Crippen LogP contribution in [0.15, 0.2) is 24.7 Å². The topological polar surface area (TPSA) is 67.2 Å². The quantitative estimate of drug-likeness (QED) is 0.767. The van der Waals surface area contributed by atoms with Gasteiger partial charge < -0.3 is 14.8 Å². The Morgan fingerprint density at radius 3 is 2.82 bits per heavy atom. The molecular weight excluding hydrogens is 373 g/mol. The van der Waals surface area contributed by atoms with Gasteiger partial charge in [-0.3, -0.25) is 9.59 Å². The second-order valence-electron chi connectivity index (χ2n) is 6.80. The van der Waals surface area contributed by atoms with Crippen molar-refractivity contribution in [2.75, 3.05) is 18.4 Å². The number of fused-ring (bicyclic) bond motifs is 1. The first-order valence-electron chi connectivity index (χ1n) is 9.11. The lowest BCUT2D eigenvalue weighted by molar-refractivity contribution is -0.139. The van der Waals surface area contributed by atoms with Crippen molar-refractivity contribution in [1.82, 2.24) is 14.5 Å². The number of nitrogens with zero attached hydrogens (tertiary/aromatic N) is 3. The van der Waals surface area contributed by atoms with Crippen molar-refractivity contribution < 1.29 is 22.8 Å². The number of carbonyl (C=O) groups excluding carboxylic acids is 2. The molecule has 1 aromatic heterocycles. The number of hydrogen-bond donors (Lipinski definition) is 1. The van der Waals surface area contributed by atoms with Gasteiger partial charge in [0.1, 0.15) is 0 Å². The molecule has 0 aliphatic carbocycles. The van der Waals surface area contributed by atoms with E-state index in [4.69, 9.17) is 0 Å². The maximum atomic E-state index is 13.7. The molecule has 9 heteroatoms. The van der Waals surface area contributed by atoms with Crippen LogP contribution in [0.5, 0.6) is 0 Å². The van der Waals surface area contributed by atoms with Crippen LogP contribution in [0.2, 0.25) is 0 Å². The van der Waals surface area contributed by atoms with Gasteiger partial charge in [0.15, 0.2) is 17.5 Å². The van der Waals surface area contributed by atoms with E-state index in [1.54, 1.807) is 12.5 Å². The lowest BCUT2D eigenvalue weighted by atomic mass is 9.94. The van der Waals surface area contributed by atoms with Crippen LogP contribution in [-0.2, 0) is 22.6 Å². The molecule has 28 heavy (non-hydrogen) atoms. The summed E-state index contributed by atoms with van der Waals surface area (Å²) in [5.41, 5.74) is 0.503. The summed E-state index contributed by atoms with van der Waals surface area (Å²) in [5, 5.41) is 2.21. The molecule has 1 N–H and O–H groups in total. The summed E-state index contributed by atoms with van der Waals surface area (Å²) in [5.74, 6) is -5.55. The van der Waals surface area contributed by atoms with Crippen LogP contribution in [0.1, 0.15) is 25.5 Å². The third-order valence-corrected chi connectivity index (χ3v) is 4.77. The predicted octanol–water partition coefficient (Wildman–Crippen LogP) is 2.74. The molecule has 0 saturated heterocycles. The zero-order valence-corrected chi connectivity index (χ0v) is 15.4.